The summed E-state index contributed by atoms with van der Waals surface area (Å²) in [6.07, 6.45) is -4.15. The lowest BCUT2D eigenvalue weighted by Gasteiger charge is -2.12. The first-order chi connectivity index (χ1) is 14.5. The molecule has 0 aromatic heterocycles. The topological polar surface area (TPSA) is 98.9 Å². The summed E-state index contributed by atoms with van der Waals surface area (Å²) in [6, 6.07) is 5.62. The molecule has 0 unspecified atom stereocenters. The van der Waals surface area contributed by atoms with E-state index < -0.39 is 33.9 Å². The van der Waals surface area contributed by atoms with Gasteiger partial charge in [-0.15, -0.1) is 0 Å². The van der Waals surface area contributed by atoms with Crippen molar-refractivity contribution in [3.8, 4) is 11.5 Å². The van der Waals surface area contributed by atoms with Crippen LogP contribution < -0.4 is 4.74 Å². The van der Waals surface area contributed by atoms with Crippen molar-refractivity contribution in [3.63, 3.8) is 0 Å². The highest BCUT2D eigenvalue weighted by molar-refractivity contribution is 7.80. The van der Waals surface area contributed by atoms with Gasteiger partial charge in [-0.05, 0) is 29.1 Å². The van der Waals surface area contributed by atoms with E-state index in [1.165, 1.54) is 6.07 Å². The van der Waals surface area contributed by atoms with Crippen molar-refractivity contribution in [1.29, 1.82) is 0 Å². The van der Waals surface area contributed by atoms with Crippen LogP contribution in [-0.2, 0) is 10.9 Å². The Morgan fingerprint density at radius 2 is 1.90 bits per heavy atom. The van der Waals surface area contributed by atoms with Crippen molar-refractivity contribution >= 4 is 40.3 Å². The highest BCUT2D eigenvalue weighted by Gasteiger charge is 2.31. The molecule has 7 nitrogen and oxygen atoms in total. The van der Waals surface area contributed by atoms with Crippen LogP contribution in [0.25, 0.3) is 0 Å². The van der Waals surface area contributed by atoms with Crippen LogP contribution in [0.4, 0.5) is 18.9 Å². The molecule has 0 aliphatic heterocycles. The summed E-state index contributed by atoms with van der Waals surface area (Å²) < 4.78 is 48.6. The number of carbonyl (C=O) groups excluding carboxylic acids is 1. The van der Waals surface area contributed by atoms with Gasteiger partial charge in [-0.1, -0.05) is 23.8 Å². The van der Waals surface area contributed by atoms with Crippen molar-refractivity contribution in [3.05, 3.63) is 62.7 Å². The van der Waals surface area contributed by atoms with Gasteiger partial charge in [0.05, 0.1) is 22.1 Å². The van der Waals surface area contributed by atoms with E-state index in [1.54, 1.807) is 0 Å². The molecule has 0 saturated heterocycles. The average Bonchev–Trinajstić information content (AvgIpc) is 2.68. The Morgan fingerprint density at radius 3 is 2.48 bits per heavy atom. The van der Waals surface area contributed by atoms with Crippen molar-refractivity contribution in [1.82, 2.24) is 0 Å². The van der Waals surface area contributed by atoms with Crippen LogP contribution in [0.15, 0.2) is 36.4 Å². The van der Waals surface area contributed by atoms with E-state index in [0.29, 0.717) is 10.9 Å². The Labute approximate surface area is 184 Å². The number of halogens is 4. The summed E-state index contributed by atoms with van der Waals surface area (Å²) in [5.41, 5.74) is -1.94. The Balaban J connectivity index is 2.22. The van der Waals surface area contributed by atoms with Gasteiger partial charge in [-0.25, -0.2) is 4.79 Å². The maximum Gasteiger partial charge on any atom is 0.416 e. The third-order valence-corrected chi connectivity index (χ3v) is 4.58. The van der Waals surface area contributed by atoms with Crippen LogP contribution >= 0.6 is 23.8 Å². The summed E-state index contributed by atoms with van der Waals surface area (Å²) >= 11 is 10.8. The molecule has 2 aromatic carbocycles. The molecule has 0 aliphatic carbocycles. The second kappa shape index (κ2) is 10.5. The Morgan fingerprint density at radius 1 is 1.19 bits per heavy atom. The molecular weight excluding hydrogens is 463 g/mol. The van der Waals surface area contributed by atoms with Gasteiger partial charge in [-0.3, -0.25) is 10.1 Å². The number of hydrogen-bond donors (Lipinski definition) is 1. The predicted molar refractivity (Wildman–Crippen MR) is 109 cm³/mol. The van der Waals surface area contributed by atoms with Crippen LogP contribution in [0.2, 0.25) is 5.02 Å². The molecular formula is C19H15ClF3NO6S. The SMILES string of the molecule is O=C(OCCC(=S)CCO)c1cc(Oc2ccc(C(F)(F)F)cc2Cl)ccc1[N+](=O)[O-]. The lowest BCUT2D eigenvalue weighted by atomic mass is 10.1. The Bertz CT molecular complexity index is 999. The first-order valence-corrected chi connectivity index (χ1v) is 9.44. The molecule has 0 aliphatic rings. The first kappa shape index (κ1) is 24.5. The van der Waals surface area contributed by atoms with Crippen molar-refractivity contribution < 1.29 is 37.5 Å². The third-order valence-electron chi connectivity index (χ3n) is 3.88. The summed E-state index contributed by atoms with van der Waals surface area (Å²) in [5.74, 6) is -1.23. The molecule has 0 heterocycles. The molecule has 12 heteroatoms. The van der Waals surface area contributed by atoms with Crippen LogP contribution in [0, 0.1) is 10.1 Å². The number of hydrogen-bond acceptors (Lipinski definition) is 7. The van der Waals surface area contributed by atoms with E-state index in [2.05, 4.69) is 0 Å². The van der Waals surface area contributed by atoms with Gasteiger partial charge in [0.2, 0.25) is 0 Å². The number of carbonyl (C=O) groups is 1. The summed E-state index contributed by atoms with van der Waals surface area (Å²) in [6.45, 7) is -0.297. The predicted octanol–water partition coefficient (Wildman–Crippen LogP) is 5.36. The minimum Gasteiger partial charge on any atom is -0.462 e. The monoisotopic (exact) mass is 477 g/mol. The average molecular weight is 478 g/mol. The molecule has 0 spiro atoms. The number of nitrogens with zero attached hydrogens (tertiary/aromatic N) is 1. The minimum atomic E-state index is -4.59. The lowest BCUT2D eigenvalue weighted by molar-refractivity contribution is -0.385. The number of esters is 1. The fraction of sp³-hybridized carbons (Fsp3) is 0.263. The first-order valence-electron chi connectivity index (χ1n) is 8.65. The molecule has 0 saturated carbocycles. The van der Waals surface area contributed by atoms with E-state index in [0.717, 1.165) is 24.3 Å². The van der Waals surface area contributed by atoms with Crippen LogP contribution in [0.5, 0.6) is 11.5 Å². The fourth-order valence-corrected chi connectivity index (χ4v) is 2.77. The normalized spacial score (nSPS) is 11.1. The van der Waals surface area contributed by atoms with Gasteiger partial charge in [-0.2, -0.15) is 13.2 Å². The van der Waals surface area contributed by atoms with Gasteiger partial charge in [0, 0.05) is 31.6 Å². The van der Waals surface area contributed by atoms with E-state index in [1.807, 2.05) is 0 Å². The number of rotatable bonds is 9. The molecule has 0 bridgehead atoms. The molecule has 1 N–H and O–H groups in total. The van der Waals surface area contributed by atoms with Crippen molar-refractivity contribution in [2.24, 2.45) is 0 Å². The van der Waals surface area contributed by atoms with Crippen LogP contribution in [0.1, 0.15) is 28.8 Å². The number of thiocarbonyl (C=S) groups is 1. The summed E-state index contributed by atoms with van der Waals surface area (Å²) in [4.78, 5) is 23.2. The number of ether oxygens (including phenoxy) is 2. The lowest BCUT2D eigenvalue weighted by Crippen LogP contribution is -2.12. The van der Waals surface area contributed by atoms with E-state index >= 15 is 0 Å². The molecule has 0 fully saturated rings. The second-order valence-corrected chi connectivity index (χ2v) is 7.06. The quantitative estimate of drug-likeness (QED) is 0.225. The van der Waals surface area contributed by atoms with E-state index in [9.17, 15) is 28.1 Å². The number of aliphatic hydroxyl groups is 1. The Hall–Kier alpha value is -2.76. The number of aliphatic hydroxyl groups excluding tert-OH is 1. The highest BCUT2D eigenvalue weighted by Crippen LogP contribution is 2.37. The molecule has 0 amide bonds. The number of benzene rings is 2. The smallest absolute Gasteiger partial charge is 0.416 e. The van der Waals surface area contributed by atoms with Gasteiger partial charge in [0.15, 0.2) is 0 Å². The van der Waals surface area contributed by atoms with Crippen molar-refractivity contribution in [2.75, 3.05) is 13.2 Å². The van der Waals surface area contributed by atoms with Gasteiger partial charge >= 0.3 is 12.1 Å². The summed E-state index contributed by atoms with van der Waals surface area (Å²) in [5, 5.41) is 19.7. The molecule has 2 rings (SSSR count). The second-order valence-electron chi connectivity index (χ2n) is 6.08. The van der Waals surface area contributed by atoms with Crippen LogP contribution in [0.3, 0.4) is 0 Å². The maximum absolute atomic E-state index is 12.7. The molecule has 31 heavy (non-hydrogen) atoms. The number of nitro groups is 1. The van der Waals surface area contributed by atoms with Crippen LogP contribution in [-0.4, -0.2) is 34.1 Å². The van der Waals surface area contributed by atoms with Crippen molar-refractivity contribution in [2.45, 2.75) is 19.0 Å². The number of nitro benzene ring substituents is 1. The standard InChI is InChI=1S/C19H15ClF3NO6S/c20-15-9-11(19(21,22)23)1-4-17(15)30-12-2-3-16(24(27)28)14(10-12)18(26)29-8-6-13(31)5-7-25/h1-4,9-10,25H,5-8H2. The van der Waals surface area contributed by atoms with E-state index in [4.69, 9.17) is 38.4 Å². The fourth-order valence-electron chi connectivity index (χ4n) is 2.37. The van der Waals surface area contributed by atoms with Gasteiger partial charge in [0.25, 0.3) is 5.69 Å². The number of alkyl halides is 3. The molecule has 0 atom stereocenters. The third kappa shape index (κ3) is 6.88. The summed E-state index contributed by atoms with van der Waals surface area (Å²) in [7, 11) is 0. The van der Waals surface area contributed by atoms with Gasteiger partial charge < -0.3 is 14.6 Å². The zero-order chi connectivity index (χ0) is 23.2. The molecule has 166 valence electrons. The zero-order valence-corrected chi connectivity index (χ0v) is 17.2. The molecule has 0 radical (unpaired) electrons. The van der Waals surface area contributed by atoms with E-state index in [-0.39, 0.29) is 42.6 Å². The largest absolute Gasteiger partial charge is 0.462 e. The highest BCUT2D eigenvalue weighted by atomic mass is 35.5. The zero-order valence-electron chi connectivity index (χ0n) is 15.6. The van der Waals surface area contributed by atoms with Gasteiger partial charge in [0.1, 0.15) is 17.1 Å². The Kier molecular flexibility index (Phi) is 8.31. The molecule has 2 aromatic rings. The minimum absolute atomic E-state index is 0.0741. The maximum atomic E-state index is 12.7.